The van der Waals surface area contributed by atoms with Gasteiger partial charge in [-0.3, -0.25) is 4.79 Å². The number of nitrogens with one attached hydrogen (secondary N) is 1. The Labute approximate surface area is 105 Å². The van der Waals surface area contributed by atoms with E-state index in [1.54, 1.807) is 4.90 Å². The van der Waals surface area contributed by atoms with Crippen LogP contribution in [0.2, 0.25) is 0 Å². The van der Waals surface area contributed by atoms with E-state index in [9.17, 15) is 9.59 Å². The van der Waals surface area contributed by atoms with Gasteiger partial charge in [0, 0.05) is 26.1 Å². The molecule has 0 bridgehead atoms. The molecule has 1 atom stereocenters. The molecule has 2 aliphatic heterocycles. The summed E-state index contributed by atoms with van der Waals surface area (Å²) in [5.74, 6) is 1.27. The highest BCUT2D eigenvalue weighted by atomic mass is 16.5. The van der Waals surface area contributed by atoms with E-state index in [0.29, 0.717) is 36.8 Å². The third-order valence-corrected chi connectivity index (χ3v) is 3.80. The van der Waals surface area contributed by atoms with Gasteiger partial charge in [-0.25, -0.2) is 4.79 Å². The molecule has 6 heteroatoms. The second kappa shape index (κ2) is 4.19. The van der Waals surface area contributed by atoms with E-state index in [4.69, 9.17) is 4.52 Å². The van der Waals surface area contributed by atoms with E-state index < -0.39 is 0 Å². The lowest BCUT2D eigenvalue weighted by Gasteiger charge is -2.29. The smallest absolute Gasteiger partial charge is 0.320 e. The molecule has 0 aliphatic carbocycles. The Morgan fingerprint density at radius 2 is 2.22 bits per heavy atom. The van der Waals surface area contributed by atoms with Crippen molar-refractivity contribution in [2.24, 2.45) is 5.92 Å². The Hall–Kier alpha value is -1.72. The van der Waals surface area contributed by atoms with Gasteiger partial charge in [-0.1, -0.05) is 6.92 Å². The van der Waals surface area contributed by atoms with Crippen LogP contribution in [0.15, 0.2) is 9.32 Å². The SMILES string of the molecule is CC1CCN(C(=O)N2CCc3o[nH]c(=O)c3C2)C1. The standard InChI is InChI=1S/C12H17N3O3/c1-8-2-4-14(6-8)12(17)15-5-3-10-9(7-15)11(16)13-18-10/h8H,2-7H2,1H3,(H,13,16). The first-order valence-corrected chi connectivity index (χ1v) is 6.38. The quantitative estimate of drug-likeness (QED) is 0.741. The van der Waals surface area contributed by atoms with Crippen LogP contribution in [0.5, 0.6) is 0 Å². The van der Waals surface area contributed by atoms with Gasteiger partial charge >= 0.3 is 6.03 Å². The molecule has 98 valence electrons. The van der Waals surface area contributed by atoms with Gasteiger partial charge in [0.2, 0.25) is 0 Å². The zero-order valence-electron chi connectivity index (χ0n) is 10.4. The summed E-state index contributed by atoms with van der Waals surface area (Å²) < 4.78 is 5.07. The van der Waals surface area contributed by atoms with Crippen LogP contribution in [0.3, 0.4) is 0 Å². The second-order valence-corrected chi connectivity index (χ2v) is 5.23. The molecular formula is C12H17N3O3. The number of carbonyl (C=O) groups is 1. The number of carbonyl (C=O) groups excluding carboxylic acids is 1. The van der Waals surface area contributed by atoms with Crippen molar-refractivity contribution in [1.29, 1.82) is 0 Å². The molecule has 0 radical (unpaired) electrons. The maximum absolute atomic E-state index is 12.3. The van der Waals surface area contributed by atoms with Crippen LogP contribution in [0.1, 0.15) is 24.7 Å². The van der Waals surface area contributed by atoms with Crippen molar-refractivity contribution < 1.29 is 9.32 Å². The predicted molar refractivity (Wildman–Crippen MR) is 64.2 cm³/mol. The minimum atomic E-state index is -0.211. The molecular weight excluding hydrogens is 234 g/mol. The minimum absolute atomic E-state index is 0.0469. The van der Waals surface area contributed by atoms with Crippen molar-refractivity contribution in [3.8, 4) is 0 Å². The highest BCUT2D eigenvalue weighted by Crippen LogP contribution is 2.20. The minimum Gasteiger partial charge on any atom is -0.383 e. The average Bonchev–Trinajstić information content (AvgIpc) is 2.95. The fourth-order valence-electron chi connectivity index (χ4n) is 2.70. The Morgan fingerprint density at radius 3 is 2.94 bits per heavy atom. The molecule has 6 nitrogen and oxygen atoms in total. The van der Waals surface area contributed by atoms with Gasteiger partial charge < -0.3 is 14.3 Å². The number of hydrogen-bond acceptors (Lipinski definition) is 3. The lowest BCUT2D eigenvalue weighted by Crippen LogP contribution is -2.45. The molecule has 1 fully saturated rings. The van der Waals surface area contributed by atoms with Gasteiger partial charge in [0.05, 0.1) is 12.1 Å². The molecule has 1 unspecified atom stereocenters. The van der Waals surface area contributed by atoms with Crippen molar-refractivity contribution in [1.82, 2.24) is 15.0 Å². The number of rotatable bonds is 0. The fraction of sp³-hybridized carbons (Fsp3) is 0.667. The molecule has 0 spiro atoms. The normalized spacial score (nSPS) is 23.3. The second-order valence-electron chi connectivity index (χ2n) is 5.23. The van der Waals surface area contributed by atoms with E-state index in [0.717, 1.165) is 19.5 Å². The van der Waals surface area contributed by atoms with Crippen LogP contribution in [0.25, 0.3) is 0 Å². The number of hydrogen-bond donors (Lipinski definition) is 1. The van der Waals surface area contributed by atoms with Gasteiger partial charge in [-0.2, -0.15) is 5.16 Å². The molecule has 3 heterocycles. The van der Waals surface area contributed by atoms with Gasteiger partial charge in [-0.05, 0) is 12.3 Å². The largest absolute Gasteiger partial charge is 0.383 e. The number of aromatic nitrogens is 1. The monoisotopic (exact) mass is 251 g/mol. The summed E-state index contributed by atoms with van der Waals surface area (Å²) in [4.78, 5) is 27.4. The van der Waals surface area contributed by atoms with Gasteiger partial charge in [0.25, 0.3) is 5.56 Å². The maximum Gasteiger partial charge on any atom is 0.320 e. The molecule has 0 aromatic carbocycles. The van der Waals surface area contributed by atoms with Gasteiger partial charge in [0.1, 0.15) is 5.76 Å². The highest BCUT2D eigenvalue weighted by molar-refractivity contribution is 5.75. The maximum atomic E-state index is 12.3. The number of fused-ring (bicyclic) bond motifs is 1. The molecule has 0 saturated carbocycles. The lowest BCUT2D eigenvalue weighted by molar-refractivity contribution is 0.153. The first-order valence-electron chi connectivity index (χ1n) is 6.38. The molecule has 18 heavy (non-hydrogen) atoms. The molecule has 1 aromatic heterocycles. The molecule has 1 saturated heterocycles. The van der Waals surface area contributed by atoms with Crippen molar-refractivity contribution in [3.05, 3.63) is 21.7 Å². The Morgan fingerprint density at radius 1 is 1.39 bits per heavy atom. The Bertz CT molecular complexity index is 519. The topological polar surface area (TPSA) is 69.6 Å². The molecule has 2 aliphatic rings. The van der Waals surface area contributed by atoms with Gasteiger partial charge in [-0.15, -0.1) is 0 Å². The Kier molecular flexibility index (Phi) is 2.65. The molecule has 3 rings (SSSR count). The van der Waals surface area contributed by atoms with E-state index in [-0.39, 0.29) is 11.6 Å². The number of urea groups is 1. The van der Waals surface area contributed by atoms with Crippen LogP contribution in [0.4, 0.5) is 4.79 Å². The number of nitrogens with zero attached hydrogens (tertiary/aromatic N) is 2. The Balaban J connectivity index is 1.74. The molecule has 2 amide bonds. The van der Waals surface area contributed by atoms with Crippen LogP contribution >= 0.6 is 0 Å². The van der Waals surface area contributed by atoms with E-state index >= 15 is 0 Å². The van der Waals surface area contributed by atoms with Crippen LogP contribution < -0.4 is 5.56 Å². The summed E-state index contributed by atoms with van der Waals surface area (Å²) in [6.07, 6.45) is 1.68. The van der Waals surface area contributed by atoms with Gasteiger partial charge in [0.15, 0.2) is 0 Å². The zero-order chi connectivity index (χ0) is 12.7. The van der Waals surface area contributed by atoms with E-state index in [1.165, 1.54) is 0 Å². The number of aromatic amines is 1. The van der Waals surface area contributed by atoms with Crippen molar-refractivity contribution in [2.75, 3.05) is 19.6 Å². The summed E-state index contributed by atoms with van der Waals surface area (Å²) in [5.41, 5.74) is 0.388. The average molecular weight is 251 g/mol. The van der Waals surface area contributed by atoms with Crippen molar-refractivity contribution in [2.45, 2.75) is 26.3 Å². The summed E-state index contributed by atoms with van der Waals surface area (Å²) in [5, 5.41) is 2.33. The summed E-state index contributed by atoms with van der Waals surface area (Å²) in [7, 11) is 0. The van der Waals surface area contributed by atoms with Crippen LogP contribution in [-0.2, 0) is 13.0 Å². The van der Waals surface area contributed by atoms with Crippen molar-refractivity contribution in [3.63, 3.8) is 0 Å². The fourth-order valence-corrected chi connectivity index (χ4v) is 2.70. The first kappa shape index (κ1) is 11.4. The van der Waals surface area contributed by atoms with Crippen LogP contribution in [-0.4, -0.2) is 40.6 Å². The predicted octanol–water partition coefficient (Wildman–Crippen LogP) is 0.788. The molecule has 1 aromatic rings. The summed E-state index contributed by atoms with van der Waals surface area (Å²) in [6.45, 7) is 4.79. The third-order valence-electron chi connectivity index (χ3n) is 3.80. The highest BCUT2D eigenvalue weighted by Gasteiger charge is 2.31. The number of amides is 2. The van der Waals surface area contributed by atoms with E-state index in [1.807, 2.05) is 4.90 Å². The van der Waals surface area contributed by atoms with E-state index in [2.05, 4.69) is 12.1 Å². The lowest BCUT2D eigenvalue weighted by atomic mass is 10.1. The van der Waals surface area contributed by atoms with Crippen molar-refractivity contribution >= 4 is 6.03 Å². The summed E-state index contributed by atoms with van der Waals surface area (Å²) in [6, 6.07) is 0.0469. The number of H-pyrrole nitrogens is 1. The summed E-state index contributed by atoms with van der Waals surface area (Å²) >= 11 is 0. The number of likely N-dealkylation sites (tertiary alicyclic amines) is 1. The zero-order valence-corrected chi connectivity index (χ0v) is 10.4. The first-order chi connectivity index (χ1) is 8.65. The third kappa shape index (κ3) is 1.81. The molecule has 1 N–H and O–H groups in total. The van der Waals surface area contributed by atoms with Crippen LogP contribution in [0, 0.1) is 5.92 Å².